The lowest BCUT2D eigenvalue weighted by molar-refractivity contribution is -0.117. The van der Waals surface area contributed by atoms with E-state index >= 15 is 0 Å². The smallest absolute Gasteiger partial charge is 0.252 e. The van der Waals surface area contributed by atoms with E-state index in [-0.39, 0.29) is 12.3 Å². The molecule has 0 N–H and O–H groups in total. The zero-order valence-corrected chi connectivity index (χ0v) is 16.9. The summed E-state index contributed by atoms with van der Waals surface area (Å²) in [6, 6.07) is 9.56. The first-order valence-electron chi connectivity index (χ1n) is 8.12. The van der Waals surface area contributed by atoms with Crippen LogP contribution in [0.2, 0.25) is 10.0 Å². The normalized spacial score (nSPS) is 11.9. The molecule has 1 heterocycles. The molecule has 3 nitrogen and oxygen atoms in total. The van der Waals surface area contributed by atoms with Gasteiger partial charge in [0.25, 0.3) is 5.91 Å². The van der Waals surface area contributed by atoms with E-state index in [2.05, 4.69) is 17.6 Å². The van der Waals surface area contributed by atoms with Crippen molar-refractivity contribution >= 4 is 50.7 Å². The maximum Gasteiger partial charge on any atom is 0.252 e. The Morgan fingerprint density at radius 3 is 2.65 bits per heavy atom. The second-order valence-electron chi connectivity index (χ2n) is 6.10. The van der Waals surface area contributed by atoms with Crippen molar-refractivity contribution in [2.75, 3.05) is 0 Å². The minimum Gasteiger partial charge on any atom is -0.311 e. The molecular weight excluding hydrogens is 387 g/mol. The Morgan fingerprint density at radius 1 is 1.23 bits per heavy atom. The molecule has 26 heavy (non-hydrogen) atoms. The second-order valence-corrected chi connectivity index (χ2v) is 7.90. The van der Waals surface area contributed by atoms with E-state index in [4.69, 9.17) is 23.2 Å². The molecule has 0 aliphatic rings. The number of halogens is 2. The van der Waals surface area contributed by atoms with E-state index in [0.717, 1.165) is 21.3 Å². The Balaban J connectivity index is 2.07. The van der Waals surface area contributed by atoms with Crippen molar-refractivity contribution in [1.29, 1.82) is 0 Å². The summed E-state index contributed by atoms with van der Waals surface area (Å²) in [5.41, 5.74) is 4.03. The summed E-state index contributed by atoms with van der Waals surface area (Å²) in [6.07, 6.45) is 2.01. The van der Waals surface area contributed by atoms with Crippen LogP contribution in [0.25, 0.3) is 10.2 Å². The highest BCUT2D eigenvalue weighted by atomic mass is 35.5. The molecule has 3 rings (SSSR count). The largest absolute Gasteiger partial charge is 0.311 e. The number of amides is 1. The van der Waals surface area contributed by atoms with E-state index in [9.17, 15) is 4.79 Å². The molecule has 6 heteroatoms. The lowest BCUT2D eigenvalue weighted by atomic mass is 10.0. The molecule has 1 aromatic heterocycles. The Hall–Kier alpha value is -1.88. The van der Waals surface area contributed by atoms with Crippen molar-refractivity contribution < 1.29 is 4.79 Å². The fourth-order valence-electron chi connectivity index (χ4n) is 2.85. The van der Waals surface area contributed by atoms with E-state index in [1.165, 1.54) is 16.9 Å². The third-order valence-corrected chi connectivity index (χ3v) is 5.94. The zero-order chi connectivity index (χ0) is 18.8. The average Bonchev–Trinajstić information content (AvgIpc) is 2.94. The standard InChI is InChI=1S/C20H18Cl2N2OS/c1-4-9-24-18-15(21)7-8-16(22)19(18)26-20(24)23-17(25)11-14-6-5-12(2)10-13(14)3/h4-8,10H,1,9,11H2,2-3H3. The maximum atomic E-state index is 12.6. The number of fused-ring (bicyclic) bond motifs is 1. The number of benzene rings is 2. The molecule has 0 saturated carbocycles. The minimum atomic E-state index is -0.200. The maximum absolute atomic E-state index is 12.6. The van der Waals surface area contributed by atoms with Crippen molar-refractivity contribution in [1.82, 2.24) is 4.57 Å². The number of thiazole rings is 1. The predicted octanol–water partition coefficient (Wildman–Crippen LogP) is 5.48. The molecular formula is C20H18Cl2N2OS. The van der Waals surface area contributed by atoms with Crippen LogP contribution < -0.4 is 4.80 Å². The van der Waals surface area contributed by atoms with Gasteiger partial charge in [0, 0.05) is 6.54 Å². The van der Waals surface area contributed by atoms with Gasteiger partial charge < -0.3 is 4.57 Å². The lowest BCUT2D eigenvalue weighted by Crippen LogP contribution is -2.17. The third kappa shape index (κ3) is 3.78. The van der Waals surface area contributed by atoms with Gasteiger partial charge >= 0.3 is 0 Å². The number of carbonyl (C=O) groups excluding carboxylic acids is 1. The summed E-state index contributed by atoms with van der Waals surface area (Å²) < 4.78 is 2.69. The number of allylic oxidation sites excluding steroid dienone is 1. The monoisotopic (exact) mass is 404 g/mol. The van der Waals surface area contributed by atoms with E-state index in [1.807, 2.05) is 30.5 Å². The number of nitrogens with zero attached hydrogens (tertiary/aromatic N) is 2. The van der Waals surface area contributed by atoms with E-state index < -0.39 is 0 Å². The number of rotatable bonds is 4. The summed E-state index contributed by atoms with van der Waals surface area (Å²) in [5.74, 6) is -0.200. The highest BCUT2D eigenvalue weighted by molar-refractivity contribution is 7.17. The molecule has 0 aliphatic carbocycles. The summed E-state index contributed by atoms with van der Waals surface area (Å²) in [7, 11) is 0. The molecule has 0 atom stereocenters. The van der Waals surface area contributed by atoms with Crippen LogP contribution in [0.4, 0.5) is 0 Å². The number of aryl methyl sites for hydroxylation is 2. The third-order valence-electron chi connectivity index (χ3n) is 4.10. The minimum absolute atomic E-state index is 0.200. The van der Waals surface area contributed by atoms with Crippen molar-refractivity contribution in [3.63, 3.8) is 0 Å². The quantitative estimate of drug-likeness (QED) is 0.529. The van der Waals surface area contributed by atoms with E-state index in [0.29, 0.717) is 21.4 Å². The first-order chi connectivity index (χ1) is 12.4. The van der Waals surface area contributed by atoms with Crippen LogP contribution in [0.5, 0.6) is 0 Å². The predicted molar refractivity (Wildman–Crippen MR) is 110 cm³/mol. The van der Waals surface area contributed by atoms with Crippen LogP contribution in [0.1, 0.15) is 16.7 Å². The van der Waals surface area contributed by atoms with Gasteiger partial charge in [0.2, 0.25) is 0 Å². The van der Waals surface area contributed by atoms with Crippen LogP contribution in [-0.2, 0) is 17.8 Å². The lowest BCUT2D eigenvalue weighted by Gasteiger charge is -2.05. The van der Waals surface area contributed by atoms with Crippen molar-refractivity contribution in [2.24, 2.45) is 4.99 Å². The molecule has 3 aromatic rings. The van der Waals surface area contributed by atoms with Gasteiger partial charge in [-0.2, -0.15) is 4.99 Å². The summed E-state index contributed by atoms with van der Waals surface area (Å²) >= 11 is 14.0. The van der Waals surface area contributed by atoms with Crippen LogP contribution >= 0.6 is 34.5 Å². The van der Waals surface area contributed by atoms with Crippen molar-refractivity contribution in [3.8, 4) is 0 Å². The molecule has 0 unspecified atom stereocenters. The SMILES string of the molecule is C=CCn1c(=NC(=O)Cc2ccc(C)cc2C)sc2c(Cl)ccc(Cl)c21. The molecule has 2 aromatic carbocycles. The van der Waals surface area contributed by atoms with Crippen LogP contribution in [0.15, 0.2) is 48.0 Å². The highest BCUT2D eigenvalue weighted by Crippen LogP contribution is 2.31. The second kappa shape index (κ2) is 7.78. The Bertz CT molecular complexity index is 1080. The Kier molecular flexibility index (Phi) is 5.66. The van der Waals surface area contributed by atoms with Crippen LogP contribution in [0.3, 0.4) is 0 Å². The highest BCUT2D eigenvalue weighted by Gasteiger charge is 2.13. The molecule has 134 valence electrons. The van der Waals surface area contributed by atoms with Crippen LogP contribution in [0, 0.1) is 13.8 Å². The van der Waals surface area contributed by atoms with Gasteiger partial charge in [0.1, 0.15) is 0 Å². The molecule has 0 fully saturated rings. The Labute approximate surface area is 166 Å². The summed E-state index contributed by atoms with van der Waals surface area (Å²) in [4.78, 5) is 17.5. The van der Waals surface area contributed by atoms with Gasteiger partial charge in [-0.3, -0.25) is 4.79 Å². The molecule has 0 aliphatic heterocycles. The topological polar surface area (TPSA) is 34.4 Å². The molecule has 0 spiro atoms. The van der Waals surface area contributed by atoms with Gasteiger partial charge in [-0.1, -0.05) is 64.4 Å². The number of hydrogen-bond acceptors (Lipinski definition) is 2. The van der Waals surface area contributed by atoms with Gasteiger partial charge in [-0.25, -0.2) is 0 Å². The Morgan fingerprint density at radius 2 is 1.96 bits per heavy atom. The number of hydrogen-bond donors (Lipinski definition) is 0. The van der Waals surface area contributed by atoms with Crippen molar-refractivity contribution in [3.05, 3.63) is 74.5 Å². The average molecular weight is 405 g/mol. The van der Waals surface area contributed by atoms with Gasteiger partial charge in [0.05, 0.1) is 26.7 Å². The van der Waals surface area contributed by atoms with Crippen molar-refractivity contribution in [2.45, 2.75) is 26.8 Å². The first-order valence-corrected chi connectivity index (χ1v) is 9.70. The van der Waals surface area contributed by atoms with Gasteiger partial charge in [-0.15, -0.1) is 6.58 Å². The fourth-order valence-corrected chi connectivity index (χ4v) is 4.52. The van der Waals surface area contributed by atoms with Gasteiger partial charge in [0.15, 0.2) is 4.80 Å². The van der Waals surface area contributed by atoms with Gasteiger partial charge in [-0.05, 0) is 37.1 Å². The molecule has 0 bridgehead atoms. The molecule has 0 saturated heterocycles. The summed E-state index contributed by atoms with van der Waals surface area (Å²) in [6.45, 7) is 8.32. The first kappa shape index (κ1) is 18.9. The zero-order valence-electron chi connectivity index (χ0n) is 14.6. The fraction of sp³-hybridized carbons (Fsp3) is 0.200. The van der Waals surface area contributed by atoms with Crippen LogP contribution in [-0.4, -0.2) is 10.5 Å². The molecule has 0 radical (unpaired) electrons. The van der Waals surface area contributed by atoms with E-state index in [1.54, 1.807) is 18.2 Å². The number of aromatic nitrogens is 1. The molecule has 1 amide bonds. The summed E-state index contributed by atoms with van der Waals surface area (Å²) in [5, 5.41) is 1.17. The number of carbonyl (C=O) groups is 1.